The lowest BCUT2D eigenvalue weighted by atomic mass is 10.2. The standard InChI is InChI=1S/C13H13ClN2O2/c1-2-18-13(17)11(7-15)9-16-8-10-5-3-4-6-12(10)14/h3-6,9,16H,2,8H2,1H3/b11-9-. The molecule has 0 atom stereocenters. The van der Waals surface area contributed by atoms with Crippen LogP contribution in [0.3, 0.4) is 0 Å². The van der Waals surface area contributed by atoms with E-state index in [2.05, 4.69) is 5.32 Å². The number of hydrogen-bond donors (Lipinski definition) is 1. The number of halogens is 1. The quantitative estimate of drug-likeness (QED) is 0.504. The van der Waals surface area contributed by atoms with Crippen molar-refractivity contribution in [1.29, 1.82) is 5.26 Å². The highest BCUT2D eigenvalue weighted by Gasteiger charge is 2.08. The molecule has 94 valence electrons. The Hall–Kier alpha value is -1.99. The summed E-state index contributed by atoms with van der Waals surface area (Å²) < 4.78 is 4.73. The fraction of sp³-hybridized carbons (Fsp3) is 0.231. The van der Waals surface area contributed by atoms with Gasteiger partial charge in [0.2, 0.25) is 0 Å². The van der Waals surface area contributed by atoms with Gasteiger partial charge in [0, 0.05) is 17.8 Å². The van der Waals surface area contributed by atoms with Crippen LogP contribution in [0, 0.1) is 11.3 Å². The predicted octanol–water partition coefficient (Wildman–Crippen LogP) is 2.40. The molecule has 1 N–H and O–H groups in total. The number of benzene rings is 1. The van der Waals surface area contributed by atoms with Gasteiger partial charge in [0.15, 0.2) is 5.57 Å². The van der Waals surface area contributed by atoms with E-state index in [9.17, 15) is 4.79 Å². The molecule has 0 aromatic heterocycles. The molecule has 0 aliphatic rings. The van der Waals surface area contributed by atoms with Gasteiger partial charge in [-0.15, -0.1) is 0 Å². The number of nitrogens with zero attached hydrogens (tertiary/aromatic N) is 1. The van der Waals surface area contributed by atoms with Crippen molar-refractivity contribution in [2.75, 3.05) is 6.61 Å². The summed E-state index contributed by atoms with van der Waals surface area (Å²) in [4.78, 5) is 11.3. The third-order valence-electron chi connectivity index (χ3n) is 2.11. The minimum Gasteiger partial charge on any atom is -0.462 e. The van der Waals surface area contributed by atoms with Crippen LogP contribution in [-0.4, -0.2) is 12.6 Å². The van der Waals surface area contributed by atoms with Crippen molar-refractivity contribution in [1.82, 2.24) is 5.32 Å². The van der Waals surface area contributed by atoms with Gasteiger partial charge in [-0.1, -0.05) is 29.8 Å². The van der Waals surface area contributed by atoms with Crippen LogP contribution in [-0.2, 0) is 16.1 Å². The monoisotopic (exact) mass is 264 g/mol. The van der Waals surface area contributed by atoms with Crippen molar-refractivity contribution < 1.29 is 9.53 Å². The van der Waals surface area contributed by atoms with Crippen LogP contribution in [0.1, 0.15) is 12.5 Å². The third-order valence-corrected chi connectivity index (χ3v) is 2.48. The van der Waals surface area contributed by atoms with Crippen LogP contribution in [0.5, 0.6) is 0 Å². The molecule has 0 fully saturated rings. The van der Waals surface area contributed by atoms with Crippen molar-refractivity contribution in [2.45, 2.75) is 13.5 Å². The highest BCUT2D eigenvalue weighted by atomic mass is 35.5. The van der Waals surface area contributed by atoms with Crippen LogP contribution >= 0.6 is 11.6 Å². The molecular weight excluding hydrogens is 252 g/mol. The van der Waals surface area contributed by atoms with E-state index in [0.29, 0.717) is 11.6 Å². The largest absolute Gasteiger partial charge is 0.462 e. The summed E-state index contributed by atoms with van der Waals surface area (Å²) in [6.07, 6.45) is 1.33. The molecule has 18 heavy (non-hydrogen) atoms. The Labute approximate surface area is 111 Å². The molecule has 0 radical (unpaired) electrons. The van der Waals surface area contributed by atoms with Crippen LogP contribution in [0.15, 0.2) is 36.0 Å². The van der Waals surface area contributed by atoms with E-state index in [4.69, 9.17) is 21.6 Å². The number of ether oxygens (including phenoxy) is 1. The molecule has 5 heteroatoms. The molecule has 0 heterocycles. The lowest BCUT2D eigenvalue weighted by molar-refractivity contribution is -0.138. The van der Waals surface area contributed by atoms with E-state index in [1.165, 1.54) is 6.20 Å². The molecule has 1 aromatic rings. The number of nitriles is 1. The minimum absolute atomic E-state index is 0.0658. The lowest BCUT2D eigenvalue weighted by Gasteiger charge is -2.04. The Balaban J connectivity index is 2.61. The van der Waals surface area contributed by atoms with E-state index in [1.54, 1.807) is 19.1 Å². The zero-order valence-corrected chi connectivity index (χ0v) is 10.7. The smallest absolute Gasteiger partial charge is 0.350 e. The van der Waals surface area contributed by atoms with Gasteiger partial charge in [-0.05, 0) is 18.6 Å². The van der Waals surface area contributed by atoms with Gasteiger partial charge >= 0.3 is 5.97 Å². The summed E-state index contributed by atoms with van der Waals surface area (Å²) in [5, 5.41) is 12.3. The summed E-state index contributed by atoms with van der Waals surface area (Å²) in [5.41, 5.74) is 0.820. The second-order valence-electron chi connectivity index (χ2n) is 3.36. The molecule has 0 spiro atoms. The molecule has 0 unspecified atom stereocenters. The lowest BCUT2D eigenvalue weighted by Crippen LogP contribution is -2.12. The second kappa shape index (κ2) is 7.36. The maximum atomic E-state index is 11.3. The summed E-state index contributed by atoms with van der Waals surface area (Å²) in [7, 11) is 0. The molecule has 0 saturated heterocycles. The molecule has 0 aliphatic carbocycles. The summed E-state index contributed by atoms with van der Waals surface area (Å²) in [5.74, 6) is -0.633. The number of carbonyl (C=O) groups is 1. The number of esters is 1. The van der Waals surface area contributed by atoms with Gasteiger partial charge in [0.1, 0.15) is 6.07 Å². The Bertz CT molecular complexity index is 492. The van der Waals surface area contributed by atoms with E-state index >= 15 is 0 Å². The predicted molar refractivity (Wildman–Crippen MR) is 68.6 cm³/mol. The van der Waals surface area contributed by atoms with Crippen LogP contribution < -0.4 is 5.32 Å². The van der Waals surface area contributed by atoms with Gasteiger partial charge in [-0.3, -0.25) is 0 Å². The number of rotatable bonds is 5. The normalized spacial score (nSPS) is 10.6. The Morgan fingerprint density at radius 1 is 1.56 bits per heavy atom. The van der Waals surface area contributed by atoms with Crippen molar-refractivity contribution >= 4 is 17.6 Å². The van der Waals surface area contributed by atoms with Crippen molar-refractivity contribution in [3.8, 4) is 6.07 Å². The summed E-state index contributed by atoms with van der Waals surface area (Å²) >= 11 is 5.97. The van der Waals surface area contributed by atoms with Crippen LogP contribution in [0.4, 0.5) is 0 Å². The molecule has 0 bridgehead atoms. The van der Waals surface area contributed by atoms with E-state index in [0.717, 1.165) is 5.56 Å². The fourth-order valence-electron chi connectivity index (χ4n) is 1.25. The van der Waals surface area contributed by atoms with Crippen molar-refractivity contribution in [3.63, 3.8) is 0 Å². The third kappa shape index (κ3) is 4.11. The van der Waals surface area contributed by atoms with E-state index in [-0.39, 0.29) is 12.2 Å². The molecule has 0 aliphatic heterocycles. The first-order valence-corrected chi connectivity index (χ1v) is 5.81. The van der Waals surface area contributed by atoms with Gasteiger partial charge in [-0.2, -0.15) is 5.26 Å². The SMILES string of the molecule is CCOC(=O)/C(C#N)=C\NCc1ccccc1Cl. The van der Waals surface area contributed by atoms with Crippen LogP contribution in [0.25, 0.3) is 0 Å². The fourth-order valence-corrected chi connectivity index (χ4v) is 1.45. The average molecular weight is 265 g/mol. The highest BCUT2D eigenvalue weighted by molar-refractivity contribution is 6.31. The molecule has 4 nitrogen and oxygen atoms in total. The van der Waals surface area contributed by atoms with Gasteiger partial charge in [-0.25, -0.2) is 4.79 Å². The summed E-state index contributed by atoms with van der Waals surface area (Å²) in [6, 6.07) is 9.11. The summed E-state index contributed by atoms with van der Waals surface area (Å²) in [6.45, 7) is 2.36. The van der Waals surface area contributed by atoms with Crippen LogP contribution in [0.2, 0.25) is 5.02 Å². The van der Waals surface area contributed by atoms with Gasteiger partial charge < -0.3 is 10.1 Å². The zero-order chi connectivity index (χ0) is 13.4. The molecule has 1 aromatic carbocycles. The zero-order valence-electron chi connectivity index (χ0n) is 9.94. The second-order valence-corrected chi connectivity index (χ2v) is 3.77. The first-order chi connectivity index (χ1) is 8.69. The van der Waals surface area contributed by atoms with Crippen molar-refractivity contribution in [2.24, 2.45) is 0 Å². The average Bonchev–Trinajstić information content (AvgIpc) is 2.37. The number of nitrogens with one attached hydrogen (secondary N) is 1. The van der Waals surface area contributed by atoms with E-state index < -0.39 is 5.97 Å². The molecule has 0 amide bonds. The van der Waals surface area contributed by atoms with Crippen molar-refractivity contribution in [3.05, 3.63) is 46.6 Å². The molecular formula is C13H13ClN2O2. The maximum absolute atomic E-state index is 11.3. The van der Waals surface area contributed by atoms with Gasteiger partial charge in [0.25, 0.3) is 0 Å². The maximum Gasteiger partial charge on any atom is 0.350 e. The molecule has 0 saturated carbocycles. The van der Waals surface area contributed by atoms with E-state index in [1.807, 2.05) is 18.2 Å². The highest BCUT2D eigenvalue weighted by Crippen LogP contribution is 2.14. The topological polar surface area (TPSA) is 62.1 Å². The Kier molecular flexibility index (Phi) is 5.75. The number of hydrogen-bond acceptors (Lipinski definition) is 4. The number of carbonyl (C=O) groups excluding carboxylic acids is 1. The minimum atomic E-state index is -0.633. The molecule has 1 rings (SSSR count). The first kappa shape index (κ1) is 14.1. The Morgan fingerprint density at radius 3 is 2.89 bits per heavy atom. The first-order valence-electron chi connectivity index (χ1n) is 5.43. The van der Waals surface area contributed by atoms with Gasteiger partial charge in [0.05, 0.1) is 6.61 Å². The Morgan fingerprint density at radius 2 is 2.28 bits per heavy atom.